The molecule has 0 saturated carbocycles. The molecule has 0 saturated heterocycles. The van der Waals surface area contributed by atoms with Crippen LogP contribution in [-0.4, -0.2) is 11.7 Å². The molecule has 0 aromatic carbocycles. The number of nitrogens with zero attached hydrogens (tertiary/aromatic N) is 1. The predicted molar refractivity (Wildman–Crippen MR) is 45.2 cm³/mol. The highest BCUT2D eigenvalue weighted by Gasteiger charge is 1.73. The van der Waals surface area contributed by atoms with Crippen molar-refractivity contribution in [2.45, 2.75) is 19.8 Å². The molecule has 0 aliphatic rings. The number of hydrogen-bond acceptors (Lipinski definition) is 2. The first-order valence-corrected chi connectivity index (χ1v) is 2.86. The monoisotopic (exact) mass is 149 g/mol. The number of thiocarbonyl (C=S) groups is 1. The Balaban J connectivity index is 0. The van der Waals surface area contributed by atoms with Gasteiger partial charge in [-0.15, -0.1) is 0 Å². The van der Waals surface area contributed by atoms with Crippen LogP contribution in [0.3, 0.4) is 0 Å². The number of unbranched alkanes of at least 4 members (excludes halogenated alkanes) is 1. The van der Waals surface area contributed by atoms with Crippen molar-refractivity contribution in [3.8, 4) is 0 Å². The standard InChI is InChI=1S/C5H9NS.H2S/c1-2-3-4-6-5-7;/h2-4H2,1H3;1H2. The van der Waals surface area contributed by atoms with Crippen molar-refractivity contribution in [1.82, 2.24) is 0 Å². The van der Waals surface area contributed by atoms with Crippen LogP contribution in [0.2, 0.25) is 0 Å². The molecule has 0 atom stereocenters. The summed E-state index contributed by atoms with van der Waals surface area (Å²) in [7, 11) is 0. The Hall–Kier alpha value is 0.150. The summed E-state index contributed by atoms with van der Waals surface area (Å²) in [5, 5.41) is 2.31. The normalized spacial score (nSPS) is 6.62. The highest BCUT2D eigenvalue weighted by atomic mass is 32.1. The lowest BCUT2D eigenvalue weighted by Crippen LogP contribution is -1.74. The van der Waals surface area contributed by atoms with Crippen LogP contribution in [0.15, 0.2) is 4.99 Å². The third kappa shape index (κ3) is 9.47. The van der Waals surface area contributed by atoms with Gasteiger partial charge >= 0.3 is 0 Å². The average Bonchev–Trinajstić information content (AvgIpc) is 1.69. The minimum absolute atomic E-state index is 0. The van der Waals surface area contributed by atoms with E-state index in [4.69, 9.17) is 0 Å². The first kappa shape index (κ1) is 11.0. The number of rotatable bonds is 3. The summed E-state index contributed by atoms with van der Waals surface area (Å²) in [6.45, 7) is 2.97. The van der Waals surface area contributed by atoms with E-state index >= 15 is 0 Å². The van der Waals surface area contributed by atoms with Crippen molar-refractivity contribution in [2.24, 2.45) is 4.99 Å². The van der Waals surface area contributed by atoms with Crippen LogP contribution in [0.1, 0.15) is 19.8 Å². The van der Waals surface area contributed by atoms with E-state index in [1.54, 1.807) is 0 Å². The Kier molecular flexibility index (Phi) is 14.0. The first-order chi connectivity index (χ1) is 3.41. The van der Waals surface area contributed by atoms with E-state index in [2.05, 4.69) is 29.3 Å². The summed E-state index contributed by atoms with van der Waals surface area (Å²) in [4.78, 5) is 3.73. The molecule has 0 spiro atoms. The molecule has 0 rings (SSSR count). The molecule has 0 aromatic heterocycles. The molecule has 0 fully saturated rings. The van der Waals surface area contributed by atoms with Gasteiger partial charge in [-0.25, -0.2) is 4.99 Å². The van der Waals surface area contributed by atoms with Gasteiger partial charge in [0.25, 0.3) is 0 Å². The summed E-state index contributed by atoms with van der Waals surface area (Å²) in [5.41, 5.74) is 0. The molecule has 0 amide bonds. The van der Waals surface area contributed by atoms with Crippen molar-refractivity contribution in [2.75, 3.05) is 6.54 Å². The van der Waals surface area contributed by atoms with Gasteiger partial charge in [0.1, 0.15) is 0 Å². The Morgan fingerprint density at radius 3 is 2.62 bits per heavy atom. The molecular weight excluding hydrogens is 138 g/mol. The van der Waals surface area contributed by atoms with Gasteiger partial charge in [-0.1, -0.05) is 13.3 Å². The fourth-order valence-electron chi connectivity index (χ4n) is 0.283. The Bertz CT molecular complexity index is 76.5. The first-order valence-electron chi connectivity index (χ1n) is 2.45. The maximum absolute atomic E-state index is 4.35. The molecular formula is C5H11NS2. The fourth-order valence-corrected chi connectivity index (χ4v) is 0.374. The molecule has 3 heteroatoms. The molecule has 0 bridgehead atoms. The Morgan fingerprint density at radius 1 is 1.62 bits per heavy atom. The van der Waals surface area contributed by atoms with Crippen LogP contribution < -0.4 is 0 Å². The summed E-state index contributed by atoms with van der Waals surface area (Å²) < 4.78 is 0. The Labute approximate surface area is 62.6 Å². The van der Waals surface area contributed by atoms with Crippen LogP contribution in [0.25, 0.3) is 0 Å². The number of isothiocyanates is 1. The van der Waals surface area contributed by atoms with Gasteiger partial charge in [-0.3, -0.25) is 0 Å². The largest absolute Gasteiger partial charge is 0.233 e. The molecule has 48 valence electrons. The van der Waals surface area contributed by atoms with Gasteiger partial charge in [0.2, 0.25) is 0 Å². The summed E-state index contributed by atoms with van der Waals surface area (Å²) >= 11 is 4.35. The van der Waals surface area contributed by atoms with Crippen molar-refractivity contribution in [3.05, 3.63) is 0 Å². The van der Waals surface area contributed by atoms with E-state index in [9.17, 15) is 0 Å². The Morgan fingerprint density at radius 2 is 2.25 bits per heavy atom. The van der Waals surface area contributed by atoms with Crippen molar-refractivity contribution in [3.63, 3.8) is 0 Å². The second-order valence-electron chi connectivity index (χ2n) is 1.33. The van der Waals surface area contributed by atoms with Gasteiger partial charge in [0, 0.05) is 6.54 Å². The van der Waals surface area contributed by atoms with Crippen molar-refractivity contribution in [1.29, 1.82) is 0 Å². The van der Waals surface area contributed by atoms with Gasteiger partial charge in [-0.05, 0) is 18.6 Å². The lowest BCUT2D eigenvalue weighted by atomic mass is 10.3. The van der Waals surface area contributed by atoms with E-state index in [1.807, 2.05) is 0 Å². The maximum atomic E-state index is 4.35. The summed E-state index contributed by atoms with van der Waals surface area (Å²) in [6, 6.07) is 0. The molecule has 0 unspecified atom stereocenters. The average molecular weight is 149 g/mol. The quantitative estimate of drug-likeness (QED) is 0.340. The van der Waals surface area contributed by atoms with Crippen molar-refractivity contribution < 1.29 is 0 Å². The van der Waals surface area contributed by atoms with E-state index < -0.39 is 0 Å². The summed E-state index contributed by atoms with van der Waals surface area (Å²) in [6.07, 6.45) is 2.31. The zero-order chi connectivity index (χ0) is 5.54. The van der Waals surface area contributed by atoms with Crippen LogP contribution >= 0.6 is 25.7 Å². The molecule has 0 aliphatic carbocycles. The fraction of sp³-hybridized carbons (Fsp3) is 0.800. The van der Waals surface area contributed by atoms with Crippen LogP contribution in [0.5, 0.6) is 0 Å². The third-order valence-corrected chi connectivity index (χ3v) is 0.817. The molecule has 0 aromatic rings. The summed E-state index contributed by atoms with van der Waals surface area (Å²) in [5.74, 6) is 0. The van der Waals surface area contributed by atoms with Gasteiger partial charge in [0.15, 0.2) is 0 Å². The lowest BCUT2D eigenvalue weighted by molar-refractivity contribution is 0.811. The maximum Gasteiger partial charge on any atom is 0.0584 e. The second kappa shape index (κ2) is 10.2. The number of hydrogen-bond donors (Lipinski definition) is 0. The highest BCUT2D eigenvalue weighted by Crippen LogP contribution is 1.83. The van der Waals surface area contributed by atoms with Gasteiger partial charge < -0.3 is 0 Å². The van der Waals surface area contributed by atoms with Crippen LogP contribution in [0.4, 0.5) is 0 Å². The molecule has 0 aliphatic heterocycles. The SMILES string of the molecule is CCCCN=C=S.S. The second-order valence-corrected chi connectivity index (χ2v) is 1.51. The minimum Gasteiger partial charge on any atom is -0.233 e. The number of aliphatic imine (C=N–C) groups is 1. The topological polar surface area (TPSA) is 12.4 Å². The zero-order valence-corrected chi connectivity index (χ0v) is 6.79. The smallest absolute Gasteiger partial charge is 0.0584 e. The predicted octanol–water partition coefficient (Wildman–Crippen LogP) is 2.00. The highest BCUT2D eigenvalue weighted by molar-refractivity contribution is 7.78. The third-order valence-electron chi connectivity index (χ3n) is 0.688. The van der Waals surface area contributed by atoms with Crippen LogP contribution in [-0.2, 0) is 0 Å². The van der Waals surface area contributed by atoms with E-state index in [0.717, 1.165) is 13.0 Å². The van der Waals surface area contributed by atoms with Gasteiger partial charge in [-0.2, -0.15) is 13.5 Å². The van der Waals surface area contributed by atoms with Crippen molar-refractivity contribution >= 4 is 30.9 Å². The van der Waals surface area contributed by atoms with E-state index in [0.29, 0.717) is 0 Å². The van der Waals surface area contributed by atoms with Gasteiger partial charge in [0.05, 0.1) is 5.16 Å². The minimum atomic E-state index is 0. The molecule has 8 heavy (non-hydrogen) atoms. The molecule has 1 nitrogen and oxygen atoms in total. The van der Waals surface area contributed by atoms with Crippen LogP contribution in [0, 0.1) is 0 Å². The molecule has 0 N–H and O–H groups in total. The van der Waals surface area contributed by atoms with E-state index in [-0.39, 0.29) is 13.5 Å². The molecule has 0 radical (unpaired) electrons. The molecule has 0 heterocycles. The lowest BCUT2D eigenvalue weighted by Gasteiger charge is -1.81. The van der Waals surface area contributed by atoms with E-state index in [1.165, 1.54) is 6.42 Å². The zero-order valence-electron chi connectivity index (χ0n) is 4.98.